The lowest BCUT2D eigenvalue weighted by molar-refractivity contribution is -0.166. The Morgan fingerprint density at radius 2 is 1.14 bits per heavy atom. The highest BCUT2D eigenvalue weighted by molar-refractivity contribution is 5.83. The van der Waals surface area contributed by atoms with Crippen molar-refractivity contribution in [3.63, 3.8) is 0 Å². The van der Waals surface area contributed by atoms with Gasteiger partial charge in [-0.15, -0.1) is 0 Å². The molecule has 1 aliphatic rings. The molecule has 0 spiro atoms. The molecule has 80 valence electrons. The van der Waals surface area contributed by atoms with Crippen LogP contribution < -0.4 is 23.3 Å². The topological polar surface area (TPSA) is 157 Å². The van der Waals surface area contributed by atoms with E-state index in [0.717, 1.165) is 0 Å². The molecule has 0 radical (unpaired) electrons. The zero-order valence-electron chi connectivity index (χ0n) is 7.25. The third-order valence-corrected chi connectivity index (χ3v) is 2.44. The molecule has 0 saturated heterocycles. The van der Waals surface area contributed by atoms with E-state index in [9.17, 15) is 9.59 Å². The first-order valence-corrected chi connectivity index (χ1v) is 3.87. The molecule has 0 aromatic heterocycles. The van der Waals surface area contributed by atoms with E-state index in [4.69, 9.17) is 11.5 Å². The minimum atomic E-state index is -0.788. The van der Waals surface area contributed by atoms with Crippen molar-refractivity contribution in [1.82, 2.24) is 0 Å². The highest BCUT2D eigenvalue weighted by Gasteiger charge is 2.55. The molecular formula is C6H12N4O4. The standard InChI is InChI=1S/C6H12N4O4/c7-3-1(5(11)13-9)4(8)2(3)6(12)14-10/h1-4H,7-10H2. The van der Waals surface area contributed by atoms with Gasteiger partial charge in [0, 0.05) is 12.1 Å². The molecule has 14 heavy (non-hydrogen) atoms. The van der Waals surface area contributed by atoms with Gasteiger partial charge in [-0.05, 0) is 0 Å². The maximum Gasteiger partial charge on any atom is 0.330 e. The SMILES string of the molecule is NOC(=O)C1C(N)C(C(=O)ON)C1N. The van der Waals surface area contributed by atoms with Crippen molar-refractivity contribution in [3.05, 3.63) is 0 Å². The molecule has 0 amide bonds. The monoisotopic (exact) mass is 204 g/mol. The highest BCUT2D eigenvalue weighted by atomic mass is 16.7. The molecular weight excluding hydrogens is 192 g/mol. The quantitative estimate of drug-likeness (QED) is 0.341. The zero-order valence-corrected chi connectivity index (χ0v) is 7.25. The van der Waals surface area contributed by atoms with E-state index in [2.05, 4.69) is 21.5 Å². The molecule has 0 bridgehead atoms. The summed E-state index contributed by atoms with van der Waals surface area (Å²) in [6.45, 7) is 0. The average molecular weight is 204 g/mol. The number of carbonyl (C=O) groups excluding carboxylic acids is 2. The van der Waals surface area contributed by atoms with Crippen LogP contribution in [0.3, 0.4) is 0 Å². The molecule has 8 N–H and O–H groups in total. The van der Waals surface area contributed by atoms with Crippen LogP contribution >= 0.6 is 0 Å². The molecule has 1 fully saturated rings. The third kappa shape index (κ3) is 1.44. The Balaban J connectivity index is 2.65. The molecule has 1 rings (SSSR count). The van der Waals surface area contributed by atoms with Crippen molar-refractivity contribution in [1.29, 1.82) is 0 Å². The Kier molecular flexibility index (Phi) is 3.01. The molecule has 1 aliphatic carbocycles. The van der Waals surface area contributed by atoms with Crippen molar-refractivity contribution in [2.24, 2.45) is 35.1 Å². The van der Waals surface area contributed by atoms with E-state index in [1.807, 2.05) is 0 Å². The Labute approximate surface area is 79.4 Å². The molecule has 0 aliphatic heterocycles. The van der Waals surface area contributed by atoms with E-state index in [0.29, 0.717) is 0 Å². The summed E-state index contributed by atoms with van der Waals surface area (Å²) in [5.41, 5.74) is 11.0. The zero-order chi connectivity index (χ0) is 10.9. The molecule has 0 aromatic rings. The summed E-state index contributed by atoms with van der Waals surface area (Å²) in [4.78, 5) is 29.9. The second-order valence-electron chi connectivity index (χ2n) is 3.08. The fourth-order valence-electron chi connectivity index (χ4n) is 1.60. The van der Waals surface area contributed by atoms with Crippen molar-refractivity contribution in [2.45, 2.75) is 12.1 Å². The number of nitrogens with two attached hydrogens (primary N) is 4. The van der Waals surface area contributed by atoms with Gasteiger partial charge in [0.1, 0.15) is 0 Å². The van der Waals surface area contributed by atoms with Gasteiger partial charge in [-0.25, -0.2) is 9.59 Å². The summed E-state index contributed by atoms with van der Waals surface area (Å²) >= 11 is 0. The third-order valence-electron chi connectivity index (χ3n) is 2.44. The summed E-state index contributed by atoms with van der Waals surface area (Å²) in [7, 11) is 0. The van der Waals surface area contributed by atoms with E-state index in [-0.39, 0.29) is 0 Å². The number of hydrogen-bond acceptors (Lipinski definition) is 8. The van der Waals surface area contributed by atoms with Crippen LogP contribution in [0.4, 0.5) is 0 Å². The smallest absolute Gasteiger partial charge is 0.330 e. The van der Waals surface area contributed by atoms with Crippen LogP contribution in [0.25, 0.3) is 0 Å². The summed E-state index contributed by atoms with van der Waals surface area (Å²) in [6.07, 6.45) is 0. The van der Waals surface area contributed by atoms with Crippen LogP contribution in [-0.2, 0) is 19.3 Å². The number of hydrogen-bond donors (Lipinski definition) is 4. The molecule has 0 unspecified atom stereocenters. The Hall–Kier alpha value is -1.22. The van der Waals surface area contributed by atoms with Crippen molar-refractivity contribution in [2.75, 3.05) is 0 Å². The molecule has 0 heterocycles. The Morgan fingerprint density at radius 1 is 0.857 bits per heavy atom. The second kappa shape index (κ2) is 3.88. The maximum absolute atomic E-state index is 11.0. The lowest BCUT2D eigenvalue weighted by Crippen LogP contribution is -2.69. The summed E-state index contributed by atoms with van der Waals surface area (Å²) in [6, 6.07) is -1.53. The Morgan fingerprint density at radius 3 is 1.36 bits per heavy atom. The average Bonchev–Trinajstić information content (AvgIpc) is 2.17. The van der Waals surface area contributed by atoms with E-state index in [1.165, 1.54) is 0 Å². The molecule has 1 saturated carbocycles. The fourth-order valence-corrected chi connectivity index (χ4v) is 1.60. The second-order valence-corrected chi connectivity index (χ2v) is 3.08. The first-order chi connectivity index (χ1) is 6.54. The van der Waals surface area contributed by atoms with Gasteiger partial charge in [-0.2, -0.15) is 11.8 Å². The lowest BCUT2D eigenvalue weighted by atomic mass is 9.66. The van der Waals surface area contributed by atoms with Crippen molar-refractivity contribution in [3.8, 4) is 0 Å². The van der Waals surface area contributed by atoms with Crippen molar-refractivity contribution >= 4 is 11.9 Å². The summed E-state index contributed by atoms with van der Waals surface area (Å²) < 4.78 is 0. The molecule has 0 atom stereocenters. The van der Waals surface area contributed by atoms with E-state index >= 15 is 0 Å². The van der Waals surface area contributed by atoms with Crippen molar-refractivity contribution < 1.29 is 19.3 Å². The van der Waals surface area contributed by atoms with Gasteiger partial charge in [0.15, 0.2) is 0 Å². The van der Waals surface area contributed by atoms with E-state index in [1.54, 1.807) is 0 Å². The van der Waals surface area contributed by atoms with Gasteiger partial charge in [-0.1, -0.05) is 0 Å². The molecule has 8 nitrogen and oxygen atoms in total. The predicted molar refractivity (Wildman–Crippen MR) is 43.5 cm³/mol. The first kappa shape index (κ1) is 10.9. The number of carbonyl (C=O) groups is 2. The minimum absolute atomic E-state index is 0.744. The van der Waals surface area contributed by atoms with E-state index < -0.39 is 35.9 Å². The number of rotatable bonds is 2. The van der Waals surface area contributed by atoms with Gasteiger partial charge in [0.25, 0.3) is 0 Å². The normalized spacial score (nSPS) is 35.7. The van der Waals surface area contributed by atoms with Gasteiger partial charge < -0.3 is 21.1 Å². The Bertz CT molecular complexity index is 224. The fraction of sp³-hybridized carbons (Fsp3) is 0.667. The van der Waals surface area contributed by atoms with Crippen LogP contribution in [-0.4, -0.2) is 24.0 Å². The maximum atomic E-state index is 11.0. The van der Waals surface area contributed by atoms with Gasteiger partial charge in [-0.3, -0.25) is 0 Å². The summed E-state index contributed by atoms with van der Waals surface area (Å²) in [5, 5.41) is 0. The minimum Gasteiger partial charge on any atom is -0.373 e. The summed E-state index contributed by atoms with van der Waals surface area (Å²) in [5.74, 6) is 6.25. The van der Waals surface area contributed by atoms with Crippen LogP contribution in [0.1, 0.15) is 0 Å². The van der Waals surface area contributed by atoms with Gasteiger partial charge in [0.2, 0.25) is 0 Å². The van der Waals surface area contributed by atoms with Crippen LogP contribution in [0.5, 0.6) is 0 Å². The van der Waals surface area contributed by atoms with Crippen LogP contribution in [0.2, 0.25) is 0 Å². The molecule has 8 heteroatoms. The predicted octanol–water partition coefficient (Wildman–Crippen LogP) is -3.28. The van der Waals surface area contributed by atoms with Crippen LogP contribution in [0, 0.1) is 11.8 Å². The largest absolute Gasteiger partial charge is 0.373 e. The molecule has 0 aromatic carbocycles. The van der Waals surface area contributed by atoms with Gasteiger partial charge >= 0.3 is 11.9 Å². The lowest BCUT2D eigenvalue weighted by Gasteiger charge is -2.43. The van der Waals surface area contributed by atoms with Gasteiger partial charge in [0.05, 0.1) is 11.8 Å². The van der Waals surface area contributed by atoms with Crippen LogP contribution in [0.15, 0.2) is 0 Å². The first-order valence-electron chi connectivity index (χ1n) is 3.87. The highest BCUT2D eigenvalue weighted by Crippen LogP contribution is 2.32.